The standard InChI is InChI=1S/C15H9ClN4O2/c16-11-3-1-2-9(6-11)13-18-8-19-14(20-13)10-4-5-17-12(7-10)15(21)22/h1-8H,(H,21,22). The van der Waals surface area contributed by atoms with Gasteiger partial charge in [0.25, 0.3) is 0 Å². The van der Waals surface area contributed by atoms with Crippen LogP contribution in [0.5, 0.6) is 0 Å². The number of carboxylic acid groups (broad SMARTS) is 1. The third kappa shape index (κ3) is 2.91. The summed E-state index contributed by atoms with van der Waals surface area (Å²) in [7, 11) is 0. The highest BCUT2D eigenvalue weighted by molar-refractivity contribution is 6.30. The summed E-state index contributed by atoms with van der Waals surface area (Å²) in [4.78, 5) is 27.3. The first-order valence-electron chi connectivity index (χ1n) is 6.28. The molecule has 2 heterocycles. The van der Waals surface area contributed by atoms with Gasteiger partial charge in [-0.3, -0.25) is 0 Å². The van der Waals surface area contributed by atoms with Crippen LogP contribution in [-0.2, 0) is 0 Å². The van der Waals surface area contributed by atoms with Gasteiger partial charge in [0, 0.05) is 22.3 Å². The molecule has 0 aliphatic carbocycles. The number of carbonyl (C=O) groups is 1. The molecule has 0 aliphatic heterocycles. The Hall–Kier alpha value is -2.86. The van der Waals surface area contributed by atoms with Gasteiger partial charge in [0.2, 0.25) is 0 Å². The van der Waals surface area contributed by atoms with Crippen molar-refractivity contribution < 1.29 is 9.90 Å². The molecule has 7 heteroatoms. The molecule has 3 aromatic rings. The van der Waals surface area contributed by atoms with E-state index in [4.69, 9.17) is 16.7 Å². The SMILES string of the molecule is O=C(O)c1cc(-c2ncnc(-c3cccc(Cl)c3)n2)ccn1. The Balaban J connectivity index is 2.05. The molecule has 0 atom stereocenters. The first-order valence-corrected chi connectivity index (χ1v) is 6.66. The van der Waals surface area contributed by atoms with Crippen LogP contribution in [0.1, 0.15) is 10.5 Å². The molecule has 0 unspecified atom stereocenters. The fraction of sp³-hybridized carbons (Fsp3) is 0. The van der Waals surface area contributed by atoms with Crippen molar-refractivity contribution in [2.75, 3.05) is 0 Å². The minimum atomic E-state index is -1.11. The van der Waals surface area contributed by atoms with E-state index in [1.807, 2.05) is 6.07 Å². The van der Waals surface area contributed by atoms with E-state index in [0.717, 1.165) is 5.56 Å². The van der Waals surface area contributed by atoms with E-state index in [1.165, 1.54) is 18.6 Å². The van der Waals surface area contributed by atoms with Gasteiger partial charge in [0.05, 0.1) is 0 Å². The Kier molecular flexibility index (Phi) is 3.76. The van der Waals surface area contributed by atoms with Crippen molar-refractivity contribution >= 4 is 17.6 Å². The maximum atomic E-state index is 11.0. The molecule has 1 N–H and O–H groups in total. The first-order chi connectivity index (χ1) is 10.6. The lowest BCUT2D eigenvalue weighted by Gasteiger charge is -2.04. The van der Waals surface area contributed by atoms with Crippen molar-refractivity contribution in [1.82, 2.24) is 19.9 Å². The van der Waals surface area contributed by atoms with Gasteiger partial charge in [-0.05, 0) is 24.3 Å². The van der Waals surface area contributed by atoms with Gasteiger partial charge >= 0.3 is 5.97 Å². The quantitative estimate of drug-likeness (QED) is 0.799. The summed E-state index contributed by atoms with van der Waals surface area (Å²) in [5.74, 6) is -0.276. The van der Waals surface area contributed by atoms with Crippen LogP contribution in [0.3, 0.4) is 0 Å². The summed E-state index contributed by atoms with van der Waals surface area (Å²) in [5.41, 5.74) is 1.24. The lowest BCUT2D eigenvalue weighted by Crippen LogP contribution is -2.01. The Morgan fingerprint density at radius 2 is 1.73 bits per heavy atom. The van der Waals surface area contributed by atoms with Gasteiger partial charge < -0.3 is 5.11 Å². The number of rotatable bonds is 3. The number of benzene rings is 1. The van der Waals surface area contributed by atoms with Crippen LogP contribution in [0.4, 0.5) is 0 Å². The predicted octanol–water partition coefficient (Wildman–Crippen LogP) is 2.95. The zero-order valence-corrected chi connectivity index (χ0v) is 11.9. The van der Waals surface area contributed by atoms with Crippen molar-refractivity contribution in [3.63, 3.8) is 0 Å². The molecule has 1 aromatic carbocycles. The molecule has 0 aliphatic rings. The molecule has 22 heavy (non-hydrogen) atoms. The van der Waals surface area contributed by atoms with Crippen molar-refractivity contribution in [2.24, 2.45) is 0 Å². The van der Waals surface area contributed by atoms with Crippen molar-refractivity contribution in [3.8, 4) is 22.8 Å². The molecule has 108 valence electrons. The molecule has 0 amide bonds. The van der Waals surface area contributed by atoms with E-state index >= 15 is 0 Å². The molecule has 3 rings (SSSR count). The summed E-state index contributed by atoms with van der Waals surface area (Å²) in [6.45, 7) is 0. The first kappa shape index (κ1) is 14.1. The van der Waals surface area contributed by atoms with Crippen LogP contribution in [0, 0.1) is 0 Å². The van der Waals surface area contributed by atoms with Crippen LogP contribution in [0.25, 0.3) is 22.8 Å². The summed E-state index contributed by atoms with van der Waals surface area (Å²) >= 11 is 5.96. The smallest absolute Gasteiger partial charge is 0.354 e. The lowest BCUT2D eigenvalue weighted by atomic mass is 10.2. The third-order valence-corrected chi connectivity index (χ3v) is 3.13. The minimum absolute atomic E-state index is 0.0674. The zero-order valence-electron chi connectivity index (χ0n) is 11.1. The van der Waals surface area contributed by atoms with E-state index in [2.05, 4.69) is 19.9 Å². The molecule has 0 saturated carbocycles. The highest BCUT2D eigenvalue weighted by atomic mass is 35.5. The summed E-state index contributed by atoms with van der Waals surface area (Å²) in [6, 6.07) is 10.2. The summed E-state index contributed by atoms with van der Waals surface area (Å²) in [5, 5.41) is 9.57. The van der Waals surface area contributed by atoms with E-state index in [-0.39, 0.29) is 5.69 Å². The second-order valence-corrected chi connectivity index (χ2v) is 4.81. The van der Waals surface area contributed by atoms with Gasteiger partial charge in [-0.1, -0.05) is 23.7 Å². The largest absolute Gasteiger partial charge is 0.477 e. The van der Waals surface area contributed by atoms with Crippen LogP contribution >= 0.6 is 11.6 Å². The van der Waals surface area contributed by atoms with E-state index in [9.17, 15) is 4.79 Å². The second kappa shape index (κ2) is 5.87. The van der Waals surface area contributed by atoms with Gasteiger partial charge in [-0.15, -0.1) is 0 Å². The van der Waals surface area contributed by atoms with Crippen molar-refractivity contribution in [2.45, 2.75) is 0 Å². The maximum absolute atomic E-state index is 11.0. The van der Waals surface area contributed by atoms with Gasteiger partial charge in [-0.25, -0.2) is 24.7 Å². The number of halogens is 1. The molecule has 0 radical (unpaired) electrons. The van der Waals surface area contributed by atoms with Crippen LogP contribution in [0.15, 0.2) is 48.9 Å². The summed E-state index contributed by atoms with van der Waals surface area (Å²) in [6.07, 6.45) is 2.78. The van der Waals surface area contributed by atoms with Gasteiger partial charge in [0.1, 0.15) is 12.0 Å². The van der Waals surface area contributed by atoms with E-state index < -0.39 is 5.97 Å². The molecular formula is C15H9ClN4O2. The Labute approximate surface area is 130 Å². The van der Waals surface area contributed by atoms with Crippen molar-refractivity contribution in [1.29, 1.82) is 0 Å². The molecule has 6 nitrogen and oxygen atoms in total. The second-order valence-electron chi connectivity index (χ2n) is 4.38. The lowest BCUT2D eigenvalue weighted by molar-refractivity contribution is 0.0690. The summed E-state index contributed by atoms with van der Waals surface area (Å²) < 4.78 is 0. The maximum Gasteiger partial charge on any atom is 0.354 e. The number of hydrogen-bond acceptors (Lipinski definition) is 5. The predicted molar refractivity (Wildman–Crippen MR) is 80.5 cm³/mol. The Morgan fingerprint density at radius 1 is 1.00 bits per heavy atom. The number of hydrogen-bond donors (Lipinski definition) is 1. The number of aromatic nitrogens is 4. The average molecular weight is 313 g/mol. The highest BCUT2D eigenvalue weighted by Gasteiger charge is 2.10. The molecule has 2 aromatic heterocycles. The normalized spacial score (nSPS) is 10.4. The Morgan fingerprint density at radius 3 is 2.41 bits per heavy atom. The average Bonchev–Trinajstić information content (AvgIpc) is 2.55. The molecule has 0 spiro atoms. The molecule has 0 bridgehead atoms. The molecule has 0 fully saturated rings. The fourth-order valence-electron chi connectivity index (χ4n) is 1.89. The number of aromatic carboxylic acids is 1. The van der Waals surface area contributed by atoms with E-state index in [1.54, 1.807) is 24.3 Å². The fourth-order valence-corrected chi connectivity index (χ4v) is 2.08. The number of nitrogens with zero attached hydrogens (tertiary/aromatic N) is 4. The van der Waals surface area contributed by atoms with Crippen LogP contribution in [0.2, 0.25) is 5.02 Å². The minimum Gasteiger partial charge on any atom is -0.477 e. The molecule has 0 saturated heterocycles. The van der Waals surface area contributed by atoms with Gasteiger partial charge in [-0.2, -0.15) is 0 Å². The van der Waals surface area contributed by atoms with Crippen molar-refractivity contribution in [3.05, 3.63) is 59.6 Å². The molecular weight excluding hydrogens is 304 g/mol. The number of pyridine rings is 1. The van der Waals surface area contributed by atoms with Crippen LogP contribution in [-0.4, -0.2) is 31.0 Å². The van der Waals surface area contributed by atoms with Crippen LogP contribution < -0.4 is 0 Å². The van der Waals surface area contributed by atoms with E-state index in [0.29, 0.717) is 22.2 Å². The zero-order chi connectivity index (χ0) is 15.5. The third-order valence-electron chi connectivity index (χ3n) is 2.89. The topological polar surface area (TPSA) is 88.9 Å². The monoisotopic (exact) mass is 312 g/mol. The highest BCUT2D eigenvalue weighted by Crippen LogP contribution is 2.21. The number of carboxylic acids is 1. The van der Waals surface area contributed by atoms with Gasteiger partial charge in [0.15, 0.2) is 11.6 Å². The Bertz CT molecular complexity index is 854.